The van der Waals surface area contributed by atoms with Crippen LogP contribution in [-0.4, -0.2) is 20.9 Å². The number of aromatic nitrogens is 2. The number of fused-ring (bicyclic) bond motifs is 1. The molecule has 0 fully saturated rings. The van der Waals surface area contributed by atoms with E-state index in [1.165, 1.54) is 5.39 Å². The van der Waals surface area contributed by atoms with Crippen LogP contribution in [0.4, 0.5) is 0 Å². The molecule has 5 nitrogen and oxygen atoms in total. The number of carboxylic acid groups (broad SMARTS) is 1. The quantitative estimate of drug-likeness (QED) is 0.478. The lowest BCUT2D eigenvalue weighted by atomic mass is 9.95. The number of aliphatic carboxylic acids is 1. The molecule has 1 aromatic heterocycles. The highest BCUT2D eigenvalue weighted by molar-refractivity contribution is 5.85. The second-order valence-electron chi connectivity index (χ2n) is 8.07. The highest BCUT2D eigenvalue weighted by Gasteiger charge is 2.15. The first kappa shape index (κ1) is 21.6. The molecule has 0 saturated heterocycles. The summed E-state index contributed by atoms with van der Waals surface area (Å²) in [6, 6.07) is 13.9. The van der Waals surface area contributed by atoms with Gasteiger partial charge in [-0.2, -0.15) is 5.10 Å². The largest absolute Gasteiger partial charge is 0.489 e. The van der Waals surface area contributed by atoms with Gasteiger partial charge in [0.2, 0.25) is 0 Å². The first-order valence-corrected chi connectivity index (χ1v) is 10.4. The van der Waals surface area contributed by atoms with Gasteiger partial charge in [-0.3, -0.25) is 9.48 Å². The van der Waals surface area contributed by atoms with E-state index < -0.39 is 5.97 Å². The average molecular weight is 407 g/mol. The molecule has 5 heteroatoms. The summed E-state index contributed by atoms with van der Waals surface area (Å²) in [5.41, 5.74) is 4.30. The summed E-state index contributed by atoms with van der Waals surface area (Å²) >= 11 is 0. The zero-order valence-electron chi connectivity index (χ0n) is 18.1. The van der Waals surface area contributed by atoms with Crippen LogP contribution in [-0.2, 0) is 24.9 Å². The number of ether oxygens (including phenoxy) is 1. The minimum absolute atomic E-state index is 0.0751. The normalized spacial score (nSPS) is 12.7. The van der Waals surface area contributed by atoms with Crippen molar-refractivity contribution in [1.82, 2.24) is 9.78 Å². The molecule has 1 atom stereocenters. The third-order valence-corrected chi connectivity index (χ3v) is 5.15. The van der Waals surface area contributed by atoms with Crippen LogP contribution < -0.4 is 4.74 Å². The van der Waals surface area contributed by atoms with Crippen molar-refractivity contribution in [2.45, 2.75) is 46.1 Å². The fourth-order valence-electron chi connectivity index (χ4n) is 3.84. The fourth-order valence-corrected chi connectivity index (χ4v) is 3.84. The molecule has 2 aromatic carbocycles. The van der Waals surface area contributed by atoms with Gasteiger partial charge in [0, 0.05) is 23.9 Å². The van der Waals surface area contributed by atoms with Crippen molar-refractivity contribution in [3.8, 4) is 5.75 Å². The summed E-state index contributed by atoms with van der Waals surface area (Å²) in [6.07, 6.45) is 4.83. The van der Waals surface area contributed by atoms with E-state index in [2.05, 4.69) is 32.0 Å². The smallest absolute Gasteiger partial charge is 0.304 e. The van der Waals surface area contributed by atoms with Crippen molar-refractivity contribution in [1.29, 1.82) is 0 Å². The lowest BCUT2D eigenvalue weighted by Gasteiger charge is -2.13. The first-order valence-electron chi connectivity index (χ1n) is 10.4. The summed E-state index contributed by atoms with van der Waals surface area (Å²) in [5.74, 6) is 0.368. The van der Waals surface area contributed by atoms with E-state index in [1.54, 1.807) is 0 Å². The number of carboxylic acids is 1. The molecule has 0 aliphatic heterocycles. The van der Waals surface area contributed by atoms with Crippen molar-refractivity contribution < 1.29 is 14.6 Å². The summed E-state index contributed by atoms with van der Waals surface area (Å²) < 4.78 is 7.99. The molecule has 3 aromatic rings. The third kappa shape index (κ3) is 5.09. The number of para-hydroxylation sites is 1. The van der Waals surface area contributed by atoms with Crippen LogP contribution in [0.25, 0.3) is 10.9 Å². The van der Waals surface area contributed by atoms with Crippen LogP contribution in [0.1, 0.15) is 49.9 Å². The Hall–Kier alpha value is -3.08. The summed E-state index contributed by atoms with van der Waals surface area (Å²) in [4.78, 5) is 11.1. The standard InChI is InChI=1S/C25H30N2O3/c1-5-7-19(15-24(28)29)18-10-12-21(13-11-18)30-16-20-8-6-9-22-23(14-17(2)3)26-27(4)25(20)22/h5-13,17,19H,14-16H2,1-4H3,(H,28,29)/t19-/m1/s1. The van der Waals surface area contributed by atoms with E-state index in [-0.39, 0.29) is 12.3 Å². The number of aryl methyl sites for hydroxylation is 1. The van der Waals surface area contributed by atoms with Crippen LogP contribution in [0.15, 0.2) is 54.6 Å². The first-order chi connectivity index (χ1) is 14.4. The summed E-state index contributed by atoms with van der Waals surface area (Å²) in [6.45, 7) is 6.76. The Balaban J connectivity index is 1.76. The molecule has 30 heavy (non-hydrogen) atoms. The number of nitrogens with zero attached hydrogens (tertiary/aromatic N) is 2. The van der Waals surface area contributed by atoms with E-state index >= 15 is 0 Å². The van der Waals surface area contributed by atoms with E-state index in [9.17, 15) is 4.79 Å². The maximum Gasteiger partial charge on any atom is 0.304 e. The maximum absolute atomic E-state index is 11.1. The Morgan fingerprint density at radius 3 is 2.57 bits per heavy atom. The van der Waals surface area contributed by atoms with Gasteiger partial charge in [-0.1, -0.05) is 56.3 Å². The molecule has 0 bridgehead atoms. The zero-order valence-corrected chi connectivity index (χ0v) is 18.1. The maximum atomic E-state index is 11.1. The van der Waals surface area contributed by atoms with Gasteiger partial charge in [0.1, 0.15) is 12.4 Å². The molecular weight excluding hydrogens is 376 g/mol. The van der Waals surface area contributed by atoms with Crippen molar-refractivity contribution in [2.75, 3.05) is 0 Å². The van der Waals surface area contributed by atoms with Gasteiger partial charge in [-0.25, -0.2) is 0 Å². The molecule has 1 N–H and O–H groups in total. The number of benzene rings is 2. The Morgan fingerprint density at radius 2 is 1.93 bits per heavy atom. The van der Waals surface area contributed by atoms with E-state index in [0.717, 1.165) is 34.5 Å². The highest BCUT2D eigenvalue weighted by Crippen LogP contribution is 2.27. The van der Waals surface area contributed by atoms with Gasteiger partial charge in [0.25, 0.3) is 0 Å². The van der Waals surface area contributed by atoms with E-state index in [1.807, 2.05) is 55.1 Å². The molecule has 0 saturated carbocycles. The second kappa shape index (κ2) is 9.61. The molecular formula is C25H30N2O3. The van der Waals surface area contributed by atoms with Crippen molar-refractivity contribution in [3.63, 3.8) is 0 Å². The molecule has 0 aliphatic rings. The Morgan fingerprint density at radius 1 is 1.20 bits per heavy atom. The monoisotopic (exact) mass is 406 g/mol. The second-order valence-corrected chi connectivity index (χ2v) is 8.07. The Bertz CT molecular complexity index is 1030. The van der Waals surface area contributed by atoms with Crippen LogP contribution in [0, 0.1) is 5.92 Å². The predicted octanol–water partition coefficient (Wildman–Crippen LogP) is 5.49. The molecule has 158 valence electrons. The number of rotatable bonds is 9. The number of allylic oxidation sites excluding steroid dienone is 2. The summed E-state index contributed by atoms with van der Waals surface area (Å²) in [7, 11) is 1.98. The lowest BCUT2D eigenvalue weighted by Crippen LogP contribution is -2.04. The topological polar surface area (TPSA) is 64.3 Å². The van der Waals surface area contributed by atoms with Gasteiger partial charge < -0.3 is 9.84 Å². The van der Waals surface area contributed by atoms with Gasteiger partial charge in [-0.05, 0) is 37.0 Å². The average Bonchev–Trinajstić information content (AvgIpc) is 3.01. The predicted molar refractivity (Wildman–Crippen MR) is 120 cm³/mol. The number of hydrogen-bond donors (Lipinski definition) is 1. The van der Waals surface area contributed by atoms with E-state index in [0.29, 0.717) is 12.5 Å². The van der Waals surface area contributed by atoms with Crippen molar-refractivity contribution in [3.05, 3.63) is 71.4 Å². The molecule has 3 rings (SSSR count). The number of hydrogen-bond acceptors (Lipinski definition) is 3. The minimum Gasteiger partial charge on any atom is -0.489 e. The van der Waals surface area contributed by atoms with Gasteiger partial charge in [0.15, 0.2) is 0 Å². The van der Waals surface area contributed by atoms with Gasteiger partial charge in [0.05, 0.1) is 17.6 Å². The Kier molecular flexibility index (Phi) is 6.93. The molecule has 0 radical (unpaired) electrons. The van der Waals surface area contributed by atoms with Crippen LogP contribution in [0.5, 0.6) is 5.75 Å². The lowest BCUT2D eigenvalue weighted by molar-refractivity contribution is -0.137. The Labute approximate surface area is 178 Å². The molecule has 0 unspecified atom stereocenters. The summed E-state index contributed by atoms with van der Waals surface area (Å²) in [5, 5.41) is 15.0. The molecule has 0 amide bonds. The van der Waals surface area contributed by atoms with Gasteiger partial charge in [-0.15, -0.1) is 0 Å². The molecule has 1 heterocycles. The minimum atomic E-state index is -0.806. The molecule has 0 spiro atoms. The zero-order chi connectivity index (χ0) is 21.7. The fraction of sp³-hybridized carbons (Fsp3) is 0.360. The van der Waals surface area contributed by atoms with Crippen molar-refractivity contribution in [2.24, 2.45) is 13.0 Å². The highest BCUT2D eigenvalue weighted by atomic mass is 16.5. The van der Waals surface area contributed by atoms with E-state index in [4.69, 9.17) is 14.9 Å². The van der Waals surface area contributed by atoms with Crippen molar-refractivity contribution >= 4 is 16.9 Å². The van der Waals surface area contributed by atoms with Crippen LogP contribution >= 0.6 is 0 Å². The van der Waals surface area contributed by atoms with Crippen LogP contribution in [0.2, 0.25) is 0 Å². The SMILES string of the molecule is CC=C[C@H](CC(=O)O)c1ccc(OCc2cccc3c(CC(C)C)nn(C)c23)cc1. The molecule has 0 aliphatic carbocycles. The number of carbonyl (C=O) groups is 1. The van der Waals surface area contributed by atoms with Crippen LogP contribution in [0.3, 0.4) is 0 Å². The third-order valence-electron chi connectivity index (χ3n) is 5.15. The van der Waals surface area contributed by atoms with Gasteiger partial charge >= 0.3 is 5.97 Å².